The lowest BCUT2D eigenvalue weighted by Crippen LogP contribution is -2.50. The van der Waals surface area contributed by atoms with Crippen LogP contribution in [0.3, 0.4) is 0 Å². The van der Waals surface area contributed by atoms with Gasteiger partial charge in [-0.05, 0) is 24.3 Å². The number of carbonyl (C=O) groups is 1. The molecule has 0 bridgehead atoms. The van der Waals surface area contributed by atoms with Gasteiger partial charge in [0.05, 0.1) is 23.0 Å². The van der Waals surface area contributed by atoms with E-state index in [1.165, 1.54) is 28.6 Å². The predicted molar refractivity (Wildman–Crippen MR) is 110 cm³/mol. The molecule has 2 heterocycles. The van der Waals surface area contributed by atoms with Crippen LogP contribution in [-0.4, -0.2) is 102 Å². The van der Waals surface area contributed by atoms with Gasteiger partial charge in [-0.15, -0.1) is 0 Å². The summed E-state index contributed by atoms with van der Waals surface area (Å²) in [7, 11) is -7.29. The number of amides is 1. The minimum absolute atomic E-state index is 0.0166. The van der Waals surface area contributed by atoms with Crippen LogP contribution in [-0.2, 0) is 29.4 Å². The van der Waals surface area contributed by atoms with E-state index in [0.29, 0.717) is 45.9 Å². The average molecular weight is 461 g/mol. The second kappa shape index (κ2) is 9.71. The van der Waals surface area contributed by atoms with Gasteiger partial charge in [0.2, 0.25) is 15.9 Å². The number of morpholine rings is 1. The van der Waals surface area contributed by atoms with Gasteiger partial charge in [-0.1, -0.05) is 0 Å². The van der Waals surface area contributed by atoms with E-state index < -0.39 is 19.9 Å². The molecule has 2 fully saturated rings. The van der Waals surface area contributed by atoms with Crippen molar-refractivity contribution in [3.05, 3.63) is 24.3 Å². The Labute approximate surface area is 177 Å². The summed E-state index contributed by atoms with van der Waals surface area (Å²) in [5.74, 6) is -0.196. The zero-order valence-electron chi connectivity index (χ0n) is 16.8. The van der Waals surface area contributed by atoms with Crippen LogP contribution in [0.4, 0.5) is 0 Å². The second-order valence-corrected chi connectivity index (χ2v) is 11.2. The Bertz CT molecular complexity index is 935. The highest BCUT2D eigenvalue weighted by Gasteiger charge is 2.28. The summed E-state index contributed by atoms with van der Waals surface area (Å²) >= 11 is 0. The average Bonchev–Trinajstić information content (AvgIpc) is 2.75. The fraction of sp³-hybridized carbons (Fsp3) is 0.611. The Morgan fingerprint density at radius 3 is 2.03 bits per heavy atom. The summed E-state index contributed by atoms with van der Waals surface area (Å²) in [5.41, 5.74) is 5.41. The zero-order valence-corrected chi connectivity index (χ0v) is 18.4. The summed E-state index contributed by atoms with van der Waals surface area (Å²) in [6.07, 6.45) is 0.290. The maximum atomic E-state index is 12.8. The Morgan fingerprint density at radius 1 is 0.900 bits per heavy atom. The van der Waals surface area contributed by atoms with Crippen molar-refractivity contribution in [2.45, 2.75) is 16.2 Å². The molecule has 2 aliphatic heterocycles. The topological polar surface area (TPSA) is 130 Å². The van der Waals surface area contributed by atoms with Crippen molar-refractivity contribution in [3.63, 3.8) is 0 Å². The maximum Gasteiger partial charge on any atom is 0.243 e. The number of carbonyl (C=O) groups excluding carboxylic acids is 1. The molecule has 168 valence electrons. The number of benzene rings is 1. The molecule has 1 amide bonds. The van der Waals surface area contributed by atoms with Crippen molar-refractivity contribution in [1.82, 2.24) is 14.1 Å². The third-order valence-electron chi connectivity index (χ3n) is 5.23. The largest absolute Gasteiger partial charge is 0.379 e. The standard InChI is InChI=1S/C18H28N4O6S2/c19-6-5-18(23)21-9-7-20(8-10-21)15-29(24,25)16-1-3-17(4-2-16)30(26,27)22-11-13-28-14-12-22/h1-4H,5-15,19H2. The molecular formula is C18H28N4O6S2. The quantitative estimate of drug-likeness (QED) is 0.544. The van der Waals surface area contributed by atoms with Crippen molar-refractivity contribution >= 4 is 25.8 Å². The number of sulfone groups is 1. The minimum Gasteiger partial charge on any atom is -0.379 e. The number of nitrogens with two attached hydrogens (primary N) is 1. The van der Waals surface area contributed by atoms with Gasteiger partial charge >= 0.3 is 0 Å². The lowest BCUT2D eigenvalue weighted by molar-refractivity contribution is -0.132. The molecular weight excluding hydrogens is 432 g/mol. The van der Waals surface area contributed by atoms with E-state index in [2.05, 4.69) is 0 Å². The number of hydrogen-bond donors (Lipinski definition) is 1. The summed E-state index contributed by atoms with van der Waals surface area (Å²) in [6.45, 7) is 3.39. The van der Waals surface area contributed by atoms with Crippen molar-refractivity contribution in [2.75, 3.05) is 64.9 Å². The summed E-state index contributed by atoms with van der Waals surface area (Å²) in [6, 6.07) is 5.34. The lowest BCUT2D eigenvalue weighted by atomic mass is 10.3. The van der Waals surface area contributed by atoms with E-state index in [4.69, 9.17) is 10.5 Å². The van der Waals surface area contributed by atoms with Gasteiger partial charge in [0, 0.05) is 52.2 Å². The molecule has 3 rings (SSSR count). The monoisotopic (exact) mass is 460 g/mol. The summed E-state index contributed by atoms with van der Waals surface area (Å²) in [4.78, 5) is 15.5. The number of sulfonamides is 1. The maximum absolute atomic E-state index is 12.8. The first-order chi connectivity index (χ1) is 14.2. The van der Waals surface area contributed by atoms with Crippen molar-refractivity contribution < 1.29 is 26.4 Å². The number of piperazine rings is 1. The molecule has 12 heteroatoms. The zero-order chi connectivity index (χ0) is 21.8. The second-order valence-electron chi connectivity index (χ2n) is 7.27. The van der Waals surface area contributed by atoms with Crippen LogP contribution < -0.4 is 5.73 Å². The fourth-order valence-corrected chi connectivity index (χ4v) is 6.32. The Kier molecular flexibility index (Phi) is 7.47. The molecule has 30 heavy (non-hydrogen) atoms. The molecule has 0 radical (unpaired) electrons. The molecule has 10 nitrogen and oxygen atoms in total. The molecule has 0 atom stereocenters. The number of hydrogen-bond acceptors (Lipinski definition) is 8. The van der Waals surface area contributed by atoms with E-state index >= 15 is 0 Å². The molecule has 0 spiro atoms. The van der Waals surface area contributed by atoms with Crippen LogP contribution in [0, 0.1) is 0 Å². The van der Waals surface area contributed by atoms with E-state index in [-0.39, 0.29) is 41.1 Å². The Hall–Kier alpha value is -1.57. The first-order valence-corrected chi connectivity index (χ1v) is 12.9. The summed E-state index contributed by atoms with van der Waals surface area (Å²) in [5, 5.41) is 0. The van der Waals surface area contributed by atoms with Gasteiger partial charge in [0.1, 0.15) is 5.88 Å². The molecule has 2 saturated heterocycles. The smallest absolute Gasteiger partial charge is 0.243 e. The van der Waals surface area contributed by atoms with Crippen LogP contribution in [0.25, 0.3) is 0 Å². The van der Waals surface area contributed by atoms with Gasteiger partial charge in [0.15, 0.2) is 9.84 Å². The highest BCUT2D eigenvalue weighted by Crippen LogP contribution is 2.21. The van der Waals surface area contributed by atoms with E-state index in [0.717, 1.165) is 0 Å². The minimum atomic E-state index is -3.67. The molecule has 2 aliphatic rings. The normalized spacial score (nSPS) is 19.7. The van der Waals surface area contributed by atoms with E-state index in [1.54, 1.807) is 9.80 Å². The molecule has 0 aliphatic carbocycles. The van der Waals surface area contributed by atoms with Crippen molar-refractivity contribution in [3.8, 4) is 0 Å². The fourth-order valence-electron chi connectivity index (χ4n) is 3.48. The van der Waals surface area contributed by atoms with Crippen LogP contribution in [0.5, 0.6) is 0 Å². The first-order valence-electron chi connectivity index (χ1n) is 9.85. The third kappa shape index (κ3) is 5.37. The summed E-state index contributed by atoms with van der Waals surface area (Å²) < 4.78 is 57.4. The van der Waals surface area contributed by atoms with Crippen LogP contribution in [0.15, 0.2) is 34.1 Å². The van der Waals surface area contributed by atoms with Gasteiger partial charge in [0.25, 0.3) is 0 Å². The van der Waals surface area contributed by atoms with E-state index in [9.17, 15) is 21.6 Å². The number of ether oxygens (including phenoxy) is 1. The molecule has 0 aromatic heterocycles. The lowest BCUT2D eigenvalue weighted by Gasteiger charge is -2.34. The number of rotatable bonds is 7. The molecule has 1 aromatic rings. The number of nitrogens with zero attached hydrogens (tertiary/aromatic N) is 3. The molecule has 0 unspecified atom stereocenters. The van der Waals surface area contributed by atoms with Crippen molar-refractivity contribution in [1.29, 1.82) is 0 Å². The van der Waals surface area contributed by atoms with Gasteiger partial charge < -0.3 is 15.4 Å². The van der Waals surface area contributed by atoms with Crippen LogP contribution >= 0.6 is 0 Å². The molecule has 1 aromatic carbocycles. The van der Waals surface area contributed by atoms with Gasteiger partial charge in [-0.25, -0.2) is 16.8 Å². The molecule has 0 saturated carbocycles. The first kappa shape index (κ1) is 23.1. The van der Waals surface area contributed by atoms with E-state index in [1.807, 2.05) is 0 Å². The highest BCUT2D eigenvalue weighted by molar-refractivity contribution is 7.91. The van der Waals surface area contributed by atoms with Crippen LogP contribution in [0.2, 0.25) is 0 Å². The third-order valence-corrected chi connectivity index (χ3v) is 8.83. The predicted octanol–water partition coefficient (Wildman–Crippen LogP) is -1.07. The van der Waals surface area contributed by atoms with Crippen LogP contribution in [0.1, 0.15) is 6.42 Å². The SMILES string of the molecule is NCCC(=O)N1CCN(CS(=O)(=O)c2ccc(S(=O)(=O)N3CCOCC3)cc2)CC1. The Balaban J connectivity index is 1.62. The van der Waals surface area contributed by atoms with Crippen molar-refractivity contribution in [2.24, 2.45) is 5.73 Å². The van der Waals surface area contributed by atoms with Gasteiger partial charge in [-0.2, -0.15) is 4.31 Å². The molecule has 2 N–H and O–H groups in total. The highest BCUT2D eigenvalue weighted by atomic mass is 32.2. The Morgan fingerprint density at radius 2 is 1.47 bits per heavy atom. The van der Waals surface area contributed by atoms with Gasteiger partial charge in [-0.3, -0.25) is 9.69 Å².